The van der Waals surface area contributed by atoms with Crippen molar-refractivity contribution in [3.63, 3.8) is 0 Å². The number of aryl methyl sites for hydroxylation is 1. The standard InChI is InChI=1S/C11H15N5S2/c1-8-4-10(16-11(15-8)13-7-14-16)12-5-9-6-17-2-3-18-9/h4,7,9,12H,2-3,5-6H2,1H3. The van der Waals surface area contributed by atoms with Crippen LogP contribution in [0, 0.1) is 6.92 Å². The van der Waals surface area contributed by atoms with Gasteiger partial charge in [-0.15, -0.1) is 0 Å². The molecule has 18 heavy (non-hydrogen) atoms. The van der Waals surface area contributed by atoms with Crippen molar-refractivity contribution in [3.05, 3.63) is 18.1 Å². The molecule has 2 aromatic rings. The van der Waals surface area contributed by atoms with Crippen LogP contribution in [0.3, 0.4) is 0 Å². The van der Waals surface area contributed by atoms with Crippen LogP contribution in [0.4, 0.5) is 5.82 Å². The Balaban J connectivity index is 1.75. The van der Waals surface area contributed by atoms with Crippen LogP contribution in [0.5, 0.6) is 0 Å². The van der Waals surface area contributed by atoms with Gasteiger partial charge in [0.05, 0.1) is 0 Å². The highest BCUT2D eigenvalue weighted by molar-refractivity contribution is 8.06. The average molecular weight is 281 g/mol. The quantitative estimate of drug-likeness (QED) is 0.924. The normalized spacial score (nSPS) is 20.2. The van der Waals surface area contributed by atoms with E-state index in [4.69, 9.17) is 0 Å². The highest BCUT2D eigenvalue weighted by Crippen LogP contribution is 2.24. The Bertz CT molecular complexity index is 535. The summed E-state index contributed by atoms with van der Waals surface area (Å²) in [7, 11) is 0. The number of nitrogens with zero attached hydrogens (tertiary/aromatic N) is 4. The van der Waals surface area contributed by atoms with Gasteiger partial charge in [-0.2, -0.15) is 38.1 Å². The zero-order chi connectivity index (χ0) is 12.4. The van der Waals surface area contributed by atoms with E-state index in [-0.39, 0.29) is 0 Å². The van der Waals surface area contributed by atoms with E-state index < -0.39 is 0 Å². The Labute approximate surface area is 114 Å². The van der Waals surface area contributed by atoms with Gasteiger partial charge < -0.3 is 5.32 Å². The molecule has 0 amide bonds. The van der Waals surface area contributed by atoms with Crippen LogP contribution >= 0.6 is 23.5 Å². The summed E-state index contributed by atoms with van der Waals surface area (Å²) >= 11 is 4.09. The SMILES string of the molecule is Cc1cc(NCC2CSCCS2)n2ncnc2n1. The molecule has 0 saturated carbocycles. The van der Waals surface area contributed by atoms with Gasteiger partial charge in [0.15, 0.2) is 0 Å². The van der Waals surface area contributed by atoms with Crippen LogP contribution < -0.4 is 5.32 Å². The van der Waals surface area contributed by atoms with Gasteiger partial charge in [0, 0.05) is 40.8 Å². The molecule has 2 aromatic heterocycles. The summed E-state index contributed by atoms with van der Waals surface area (Å²) in [5.74, 6) is 5.39. The second kappa shape index (κ2) is 5.36. The molecule has 1 aliphatic rings. The van der Waals surface area contributed by atoms with E-state index >= 15 is 0 Å². The predicted octanol–water partition coefficient (Wildman–Crippen LogP) is 1.69. The maximum Gasteiger partial charge on any atom is 0.254 e. The lowest BCUT2D eigenvalue weighted by Gasteiger charge is -2.21. The molecule has 1 aliphatic heterocycles. The first kappa shape index (κ1) is 12.1. The van der Waals surface area contributed by atoms with Crippen molar-refractivity contribution in [2.24, 2.45) is 0 Å². The highest BCUT2D eigenvalue weighted by Gasteiger charge is 2.14. The fraction of sp³-hybridized carbons (Fsp3) is 0.545. The predicted molar refractivity (Wildman–Crippen MR) is 77.6 cm³/mol. The third kappa shape index (κ3) is 2.56. The molecule has 1 N–H and O–H groups in total. The van der Waals surface area contributed by atoms with Crippen LogP contribution in [-0.2, 0) is 0 Å². The third-order valence-corrected chi connectivity index (χ3v) is 5.62. The number of hydrogen-bond acceptors (Lipinski definition) is 6. The molecule has 0 spiro atoms. The summed E-state index contributed by atoms with van der Waals surface area (Å²) in [5, 5.41) is 8.34. The fourth-order valence-electron chi connectivity index (χ4n) is 1.93. The van der Waals surface area contributed by atoms with E-state index in [0.717, 1.165) is 18.1 Å². The first-order chi connectivity index (χ1) is 8.83. The van der Waals surface area contributed by atoms with Gasteiger partial charge >= 0.3 is 0 Å². The third-order valence-electron chi connectivity index (χ3n) is 2.78. The Morgan fingerprint density at radius 2 is 2.44 bits per heavy atom. The number of rotatable bonds is 3. The molecular weight excluding hydrogens is 266 g/mol. The second-order valence-corrected chi connectivity index (χ2v) is 6.76. The van der Waals surface area contributed by atoms with Crippen molar-refractivity contribution < 1.29 is 0 Å². The minimum atomic E-state index is 0.656. The van der Waals surface area contributed by atoms with Crippen molar-refractivity contribution in [2.45, 2.75) is 12.2 Å². The summed E-state index contributed by atoms with van der Waals surface area (Å²) in [6.45, 7) is 2.95. The Hall–Kier alpha value is -0.950. The van der Waals surface area contributed by atoms with E-state index in [2.05, 4.69) is 20.4 Å². The Morgan fingerprint density at radius 3 is 3.28 bits per heavy atom. The highest BCUT2D eigenvalue weighted by atomic mass is 32.2. The maximum atomic E-state index is 4.33. The molecule has 96 valence electrons. The average Bonchev–Trinajstić information content (AvgIpc) is 2.85. The van der Waals surface area contributed by atoms with Gasteiger partial charge in [0.1, 0.15) is 12.1 Å². The lowest BCUT2D eigenvalue weighted by Crippen LogP contribution is -2.24. The molecule has 5 nitrogen and oxygen atoms in total. The molecule has 1 fully saturated rings. The minimum absolute atomic E-state index is 0.656. The number of anilines is 1. The molecule has 3 rings (SSSR count). The van der Waals surface area contributed by atoms with Gasteiger partial charge in [-0.1, -0.05) is 0 Å². The van der Waals surface area contributed by atoms with Crippen LogP contribution in [-0.4, -0.2) is 48.6 Å². The lowest BCUT2D eigenvalue weighted by atomic mass is 10.4. The molecule has 1 saturated heterocycles. The fourth-order valence-corrected chi connectivity index (χ4v) is 4.54. The Morgan fingerprint density at radius 1 is 1.50 bits per heavy atom. The van der Waals surface area contributed by atoms with E-state index in [1.165, 1.54) is 23.6 Å². The van der Waals surface area contributed by atoms with Crippen LogP contribution in [0.15, 0.2) is 12.4 Å². The maximum absolute atomic E-state index is 4.33. The number of hydrogen-bond donors (Lipinski definition) is 1. The van der Waals surface area contributed by atoms with Crippen molar-refractivity contribution in [2.75, 3.05) is 29.1 Å². The van der Waals surface area contributed by atoms with E-state index in [9.17, 15) is 0 Å². The van der Waals surface area contributed by atoms with Crippen LogP contribution in [0.1, 0.15) is 5.69 Å². The largest absolute Gasteiger partial charge is 0.369 e. The zero-order valence-corrected chi connectivity index (χ0v) is 11.8. The molecule has 3 heterocycles. The lowest BCUT2D eigenvalue weighted by molar-refractivity contribution is 0.903. The van der Waals surface area contributed by atoms with E-state index in [1.54, 1.807) is 4.52 Å². The van der Waals surface area contributed by atoms with Gasteiger partial charge in [0.2, 0.25) is 0 Å². The van der Waals surface area contributed by atoms with Gasteiger partial charge in [0.25, 0.3) is 5.78 Å². The van der Waals surface area contributed by atoms with Gasteiger partial charge in [-0.3, -0.25) is 0 Å². The molecule has 0 radical (unpaired) electrons. The molecule has 0 aromatic carbocycles. The molecule has 0 bridgehead atoms. The van der Waals surface area contributed by atoms with Crippen molar-refractivity contribution in [1.82, 2.24) is 19.6 Å². The monoisotopic (exact) mass is 281 g/mol. The summed E-state index contributed by atoms with van der Waals surface area (Å²) in [5.41, 5.74) is 0.962. The van der Waals surface area contributed by atoms with Crippen molar-refractivity contribution in [1.29, 1.82) is 0 Å². The topological polar surface area (TPSA) is 55.1 Å². The molecule has 1 unspecified atom stereocenters. The van der Waals surface area contributed by atoms with Gasteiger partial charge in [-0.25, -0.2) is 4.98 Å². The number of aromatic nitrogens is 4. The summed E-state index contributed by atoms with van der Waals surface area (Å²) in [4.78, 5) is 8.46. The smallest absolute Gasteiger partial charge is 0.254 e. The van der Waals surface area contributed by atoms with E-state index in [0.29, 0.717) is 11.0 Å². The second-order valence-electron chi connectivity index (χ2n) is 4.20. The summed E-state index contributed by atoms with van der Waals surface area (Å²) in [6.07, 6.45) is 1.54. The summed E-state index contributed by atoms with van der Waals surface area (Å²) < 4.78 is 1.76. The van der Waals surface area contributed by atoms with Crippen LogP contribution in [0.25, 0.3) is 5.78 Å². The number of fused-ring (bicyclic) bond motifs is 1. The van der Waals surface area contributed by atoms with E-state index in [1.807, 2.05) is 36.5 Å². The minimum Gasteiger partial charge on any atom is -0.369 e. The van der Waals surface area contributed by atoms with Crippen molar-refractivity contribution >= 4 is 35.1 Å². The first-order valence-corrected chi connectivity index (χ1v) is 8.14. The van der Waals surface area contributed by atoms with Gasteiger partial charge in [-0.05, 0) is 6.92 Å². The Kier molecular flexibility index (Phi) is 3.60. The molecular formula is C11H15N5S2. The number of thioether (sulfide) groups is 2. The van der Waals surface area contributed by atoms with Crippen molar-refractivity contribution in [3.8, 4) is 0 Å². The van der Waals surface area contributed by atoms with Crippen LogP contribution in [0.2, 0.25) is 0 Å². The first-order valence-electron chi connectivity index (χ1n) is 5.93. The molecule has 7 heteroatoms. The molecule has 1 atom stereocenters. The number of nitrogens with one attached hydrogen (secondary N) is 1. The summed E-state index contributed by atoms with van der Waals surface area (Å²) in [6, 6.07) is 2.02. The molecule has 0 aliphatic carbocycles. The zero-order valence-electron chi connectivity index (χ0n) is 10.2.